The van der Waals surface area contributed by atoms with Crippen molar-refractivity contribution in [3.8, 4) is 5.75 Å². The molecule has 0 aromatic heterocycles. The van der Waals surface area contributed by atoms with Crippen molar-refractivity contribution in [2.24, 2.45) is 0 Å². The SMILES string of the molecule is CC1(C)OC[C@@H](COc2ccccc2)N1C(=O)O. The molecular weight excluding hydrogens is 234 g/mol. The van der Waals surface area contributed by atoms with Gasteiger partial charge in [0.1, 0.15) is 18.1 Å². The number of hydrogen-bond acceptors (Lipinski definition) is 3. The van der Waals surface area contributed by atoms with Gasteiger partial charge < -0.3 is 14.6 Å². The lowest BCUT2D eigenvalue weighted by Gasteiger charge is -2.30. The van der Waals surface area contributed by atoms with Crippen molar-refractivity contribution in [3.63, 3.8) is 0 Å². The molecule has 1 aliphatic heterocycles. The van der Waals surface area contributed by atoms with Gasteiger partial charge in [0.05, 0.1) is 12.6 Å². The molecule has 98 valence electrons. The van der Waals surface area contributed by atoms with E-state index in [0.717, 1.165) is 5.75 Å². The number of hydrogen-bond donors (Lipinski definition) is 1. The third-order valence-electron chi connectivity index (χ3n) is 2.97. The van der Waals surface area contributed by atoms with Gasteiger partial charge in [-0.05, 0) is 26.0 Å². The molecule has 1 atom stereocenters. The maximum Gasteiger partial charge on any atom is 0.410 e. The van der Waals surface area contributed by atoms with E-state index in [9.17, 15) is 9.90 Å². The molecule has 0 radical (unpaired) electrons. The zero-order valence-electron chi connectivity index (χ0n) is 10.5. The van der Waals surface area contributed by atoms with Crippen LogP contribution >= 0.6 is 0 Å². The third-order valence-corrected chi connectivity index (χ3v) is 2.97. The van der Waals surface area contributed by atoms with E-state index >= 15 is 0 Å². The summed E-state index contributed by atoms with van der Waals surface area (Å²) in [6, 6.07) is 9.05. The van der Waals surface area contributed by atoms with Crippen molar-refractivity contribution in [3.05, 3.63) is 30.3 Å². The molecule has 1 heterocycles. The van der Waals surface area contributed by atoms with Crippen LogP contribution in [-0.4, -0.2) is 41.1 Å². The first-order valence-electron chi connectivity index (χ1n) is 5.85. The van der Waals surface area contributed by atoms with Crippen molar-refractivity contribution < 1.29 is 19.4 Å². The lowest BCUT2D eigenvalue weighted by Crippen LogP contribution is -2.49. The van der Waals surface area contributed by atoms with E-state index in [2.05, 4.69) is 0 Å². The summed E-state index contributed by atoms with van der Waals surface area (Å²) in [5.41, 5.74) is -0.795. The van der Waals surface area contributed by atoms with Crippen LogP contribution in [0.5, 0.6) is 5.75 Å². The number of ether oxygens (including phenoxy) is 2. The first-order chi connectivity index (χ1) is 8.50. The molecule has 0 bridgehead atoms. The molecule has 0 unspecified atom stereocenters. The van der Waals surface area contributed by atoms with E-state index in [1.807, 2.05) is 30.3 Å². The van der Waals surface area contributed by atoms with Crippen molar-refractivity contribution in [2.75, 3.05) is 13.2 Å². The summed E-state index contributed by atoms with van der Waals surface area (Å²) < 4.78 is 11.1. The highest BCUT2D eigenvalue weighted by Gasteiger charge is 2.44. The first kappa shape index (κ1) is 12.7. The van der Waals surface area contributed by atoms with E-state index < -0.39 is 11.8 Å². The zero-order valence-corrected chi connectivity index (χ0v) is 10.5. The summed E-state index contributed by atoms with van der Waals surface area (Å²) in [4.78, 5) is 12.5. The molecule has 18 heavy (non-hydrogen) atoms. The van der Waals surface area contributed by atoms with E-state index in [1.165, 1.54) is 4.90 Å². The number of carboxylic acid groups (broad SMARTS) is 1. The quantitative estimate of drug-likeness (QED) is 0.894. The van der Waals surface area contributed by atoms with Crippen LogP contribution in [0.15, 0.2) is 30.3 Å². The second-order valence-corrected chi connectivity index (χ2v) is 4.69. The van der Waals surface area contributed by atoms with Gasteiger partial charge >= 0.3 is 6.09 Å². The predicted octanol–water partition coefficient (Wildman–Crippen LogP) is 2.18. The Morgan fingerprint density at radius 2 is 2.17 bits per heavy atom. The fourth-order valence-electron chi connectivity index (χ4n) is 2.10. The number of rotatable bonds is 3. The van der Waals surface area contributed by atoms with Crippen LogP contribution in [0.2, 0.25) is 0 Å². The monoisotopic (exact) mass is 251 g/mol. The van der Waals surface area contributed by atoms with Gasteiger partial charge in [0.25, 0.3) is 0 Å². The number of amides is 1. The van der Waals surface area contributed by atoms with Crippen molar-refractivity contribution in [2.45, 2.75) is 25.6 Å². The molecule has 1 N–H and O–H groups in total. The Morgan fingerprint density at radius 1 is 1.50 bits per heavy atom. The van der Waals surface area contributed by atoms with Gasteiger partial charge in [-0.25, -0.2) is 4.79 Å². The average molecular weight is 251 g/mol. The molecule has 1 amide bonds. The highest BCUT2D eigenvalue weighted by molar-refractivity contribution is 5.66. The molecule has 0 spiro atoms. The van der Waals surface area contributed by atoms with Crippen LogP contribution in [0, 0.1) is 0 Å². The molecule has 1 aromatic rings. The Hall–Kier alpha value is -1.75. The summed E-state index contributed by atoms with van der Waals surface area (Å²) in [5.74, 6) is 0.729. The summed E-state index contributed by atoms with van der Waals surface area (Å²) >= 11 is 0. The Labute approximate surface area is 106 Å². The Morgan fingerprint density at radius 3 is 2.78 bits per heavy atom. The van der Waals surface area contributed by atoms with E-state index in [1.54, 1.807) is 13.8 Å². The summed E-state index contributed by atoms with van der Waals surface area (Å²) in [7, 11) is 0. The Balaban J connectivity index is 1.99. The minimum atomic E-state index is -0.987. The molecule has 0 saturated carbocycles. The zero-order chi connectivity index (χ0) is 13.2. The van der Waals surface area contributed by atoms with Gasteiger partial charge in [0, 0.05) is 0 Å². The standard InChI is InChI=1S/C13H17NO4/c1-13(2)14(12(15)16)10(9-18-13)8-17-11-6-4-3-5-7-11/h3-7,10H,8-9H2,1-2H3,(H,15,16)/t10-/m1/s1. The van der Waals surface area contributed by atoms with Crippen molar-refractivity contribution in [1.82, 2.24) is 4.90 Å². The molecule has 0 aliphatic carbocycles. The lowest BCUT2D eigenvalue weighted by molar-refractivity contribution is -0.0430. The van der Waals surface area contributed by atoms with Gasteiger partial charge in [0.2, 0.25) is 0 Å². The summed E-state index contributed by atoms with van der Waals surface area (Å²) in [5, 5.41) is 9.21. The van der Waals surface area contributed by atoms with Crippen LogP contribution in [0.25, 0.3) is 0 Å². The smallest absolute Gasteiger partial charge is 0.410 e. The number of benzene rings is 1. The predicted molar refractivity (Wildman–Crippen MR) is 65.6 cm³/mol. The second kappa shape index (κ2) is 4.86. The van der Waals surface area contributed by atoms with Gasteiger partial charge in [-0.3, -0.25) is 4.90 Å². The average Bonchev–Trinajstić information content (AvgIpc) is 2.63. The largest absolute Gasteiger partial charge is 0.491 e. The molecule has 1 fully saturated rings. The van der Waals surface area contributed by atoms with Gasteiger partial charge in [-0.15, -0.1) is 0 Å². The van der Waals surface area contributed by atoms with Gasteiger partial charge in [-0.2, -0.15) is 0 Å². The topological polar surface area (TPSA) is 59.0 Å². The van der Waals surface area contributed by atoms with Crippen LogP contribution in [-0.2, 0) is 4.74 Å². The maximum absolute atomic E-state index is 11.2. The van der Waals surface area contributed by atoms with Crippen molar-refractivity contribution in [1.29, 1.82) is 0 Å². The molecule has 5 nitrogen and oxygen atoms in total. The van der Waals surface area contributed by atoms with Crippen molar-refractivity contribution >= 4 is 6.09 Å². The van der Waals surface area contributed by atoms with E-state index in [4.69, 9.17) is 9.47 Å². The molecule has 2 rings (SSSR count). The highest BCUT2D eigenvalue weighted by Crippen LogP contribution is 2.27. The highest BCUT2D eigenvalue weighted by atomic mass is 16.5. The fraction of sp³-hybridized carbons (Fsp3) is 0.462. The fourth-order valence-corrected chi connectivity index (χ4v) is 2.10. The van der Waals surface area contributed by atoms with Gasteiger partial charge in [-0.1, -0.05) is 18.2 Å². The molecule has 1 aromatic carbocycles. The number of nitrogens with zero attached hydrogens (tertiary/aromatic N) is 1. The molecular formula is C13H17NO4. The number of para-hydroxylation sites is 1. The number of carbonyl (C=O) groups is 1. The molecule has 1 saturated heterocycles. The minimum absolute atomic E-state index is 0.280. The van der Waals surface area contributed by atoms with E-state index in [-0.39, 0.29) is 6.04 Å². The molecule has 5 heteroatoms. The van der Waals surface area contributed by atoms with Gasteiger partial charge in [0.15, 0.2) is 0 Å². The minimum Gasteiger partial charge on any atom is -0.491 e. The Kier molecular flexibility index (Phi) is 3.43. The summed E-state index contributed by atoms with van der Waals surface area (Å²) in [6.45, 7) is 4.12. The molecule has 1 aliphatic rings. The first-order valence-corrected chi connectivity index (χ1v) is 5.85. The van der Waals surface area contributed by atoms with Crippen LogP contribution in [0.1, 0.15) is 13.8 Å². The Bertz CT molecular complexity index is 418. The summed E-state index contributed by atoms with van der Waals surface area (Å²) in [6.07, 6.45) is -0.987. The maximum atomic E-state index is 11.2. The normalized spacial score (nSPS) is 21.9. The van der Waals surface area contributed by atoms with Crippen LogP contribution in [0.3, 0.4) is 0 Å². The van der Waals surface area contributed by atoms with E-state index in [0.29, 0.717) is 13.2 Å². The third kappa shape index (κ3) is 2.56. The van der Waals surface area contributed by atoms with Crippen LogP contribution < -0.4 is 4.74 Å². The van der Waals surface area contributed by atoms with Crippen LogP contribution in [0.4, 0.5) is 4.79 Å². The second-order valence-electron chi connectivity index (χ2n) is 4.69. The lowest BCUT2D eigenvalue weighted by atomic mass is 10.2.